The van der Waals surface area contributed by atoms with E-state index in [1.807, 2.05) is 49.2 Å². The van der Waals surface area contributed by atoms with E-state index in [1.54, 1.807) is 0 Å². The number of halogens is 1. The highest BCUT2D eigenvalue weighted by Gasteiger charge is 2.02. The van der Waals surface area contributed by atoms with E-state index in [1.165, 1.54) is 0 Å². The van der Waals surface area contributed by atoms with Gasteiger partial charge in [-0.3, -0.25) is 0 Å². The maximum Gasteiger partial charge on any atom is 0.0660 e. The SMILES string of the molecule is CNCc1cnn(-c2ccc(C)c(Cl)c2)c1. The molecule has 3 nitrogen and oxygen atoms in total. The lowest BCUT2D eigenvalue weighted by Gasteiger charge is -2.03. The van der Waals surface area contributed by atoms with E-state index in [9.17, 15) is 0 Å². The fourth-order valence-corrected chi connectivity index (χ4v) is 1.70. The van der Waals surface area contributed by atoms with Gasteiger partial charge in [0, 0.05) is 23.3 Å². The third-order valence-corrected chi connectivity index (χ3v) is 2.84. The molecule has 0 spiro atoms. The van der Waals surface area contributed by atoms with Gasteiger partial charge in [-0.1, -0.05) is 17.7 Å². The molecule has 0 unspecified atom stereocenters. The Morgan fingerprint density at radius 1 is 1.44 bits per heavy atom. The van der Waals surface area contributed by atoms with Crippen molar-refractivity contribution in [1.82, 2.24) is 15.1 Å². The average molecular weight is 236 g/mol. The number of benzene rings is 1. The Hall–Kier alpha value is -1.32. The summed E-state index contributed by atoms with van der Waals surface area (Å²) in [6.45, 7) is 2.81. The highest BCUT2D eigenvalue weighted by Crippen LogP contribution is 2.19. The van der Waals surface area contributed by atoms with Gasteiger partial charge < -0.3 is 5.32 Å². The summed E-state index contributed by atoms with van der Waals surface area (Å²) in [7, 11) is 1.92. The molecule has 16 heavy (non-hydrogen) atoms. The van der Waals surface area contributed by atoms with Crippen molar-refractivity contribution in [1.29, 1.82) is 0 Å². The molecule has 1 N–H and O–H groups in total. The predicted octanol–water partition coefficient (Wildman–Crippen LogP) is 2.55. The third kappa shape index (κ3) is 2.26. The summed E-state index contributed by atoms with van der Waals surface area (Å²) >= 11 is 6.08. The van der Waals surface area contributed by atoms with Crippen molar-refractivity contribution in [2.45, 2.75) is 13.5 Å². The van der Waals surface area contributed by atoms with Crippen molar-refractivity contribution >= 4 is 11.6 Å². The molecule has 0 bridgehead atoms. The van der Waals surface area contributed by atoms with Gasteiger partial charge >= 0.3 is 0 Å². The summed E-state index contributed by atoms with van der Waals surface area (Å²) in [6.07, 6.45) is 3.85. The van der Waals surface area contributed by atoms with Gasteiger partial charge in [0.25, 0.3) is 0 Å². The van der Waals surface area contributed by atoms with E-state index >= 15 is 0 Å². The van der Waals surface area contributed by atoms with Crippen LogP contribution in [0.15, 0.2) is 30.6 Å². The van der Waals surface area contributed by atoms with Crippen LogP contribution in [0.1, 0.15) is 11.1 Å². The van der Waals surface area contributed by atoms with Crippen molar-refractivity contribution in [2.24, 2.45) is 0 Å². The first-order chi connectivity index (χ1) is 7.70. The van der Waals surface area contributed by atoms with Gasteiger partial charge in [-0.25, -0.2) is 4.68 Å². The van der Waals surface area contributed by atoms with Crippen molar-refractivity contribution in [2.75, 3.05) is 7.05 Å². The van der Waals surface area contributed by atoms with E-state index in [2.05, 4.69) is 10.4 Å². The van der Waals surface area contributed by atoms with Gasteiger partial charge in [-0.2, -0.15) is 5.10 Å². The van der Waals surface area contributed by atoms with Gasteiger partial charge in [-0.15, -0.1) is 0 Å². The lowest BCUT2D eigenvalue weighted by atomic mass is 10.2. The minimum absolute atomic E-state index is 0.767. The summed E-state index contributed by atoms with van der Waals surface area (Å²) in [4.78, 5) is 0. The second kappa shape index (κ2) is 4.68. The topological polar surface area (TPSA) is 29.9 Å². The molecular weight excluding hydrogens is 222 g/mol. The van der Waals surface area contributed by atoms with Gasteiger partial charge in [0.15, 0.2) is 0 Å². The quantitative estimate of drug-likeness (QED) is 0.886. The smallest absolute Gasteiger partial charge is 0.0660 e. The van der Waals surface area contributed by atoms with E-state index < -0.39 is 0 Å². The zero-order valence-corrected chi connectivity index (χ0v) is 10.1. The van der Waals surface area contributed by atoms with Crippen LogP contribution in [0.2, 0.25) is 5.02 Å². The number of hydrogen-bond acceptors (Lipinski definition) is 2. The van der Waals surface area contributed by atoms with Crippen LogP contribution >= 0.6 is 11.6 Å². The molecule has 0 aliphatic carbocycles. The van der Waals surface area contributed by atoms with Crippen LogP contribution < -0.4 is 5.32 Å². The molecule has 4 heteroatoms. The number of rotatable bonds is 3. The summed E-state index contributed by atoms with van der Waals surface area (Å²) in [5, 5.41) is 8.15. The van der Waals surface area contributed by atoms with Crippen molar-refractivity contribution in [3.63, 3.8) is 0 Å². The number of aryl methyl sites for hydroxylation is 1. The summed E-state index contributed by atoms with van der Waals surface area (Å²) in [6, 6.07) is 5.93. The van der Waals surface area contributed by atoms with E-state index in [0.29, 0.717) is 0 Å². The molecule has 0 saturated carbocycles. The van der Waals surface area contributed by atoms with Gasteiger partial charge in [-0.05, 0) is 31.7 Å². The van der Waals surface area contributed by atoms with Crippen molar-refractivity contribution in [3.05, 3.63) is 46.7 Å². The van der Waals surface area contributed by atoms with Crippen molar-refractivity contribution < 1.29 is 0 Å². The Morgan fingerprint density at radius 2 is 2.25 bits per heavy atom. The van der Waals surface area contributed by atoms with E-state index in [0.717, 1.165) is 28.4 Å². The molecule has 0 saturated heterocycles. The normalized spacial score (nSPS) is 10.7. The fraction of sp³-hybridized carbons (Fsp3) is 0.250. The Kier molecular flexibility index (Phi) is 3.27. The number of nitrogens with one attached hydrogen (secondary N) is 1. The Labute approximate surface area is 100 Å². The molecule has 1 aromatic heterocycles. The third-order valence-electron chi connectivity index (χ3n) is 2.44. The molecule has 2 rings (SSSR count). The number of hydrogen-bond donors (Lipinski definition) is 1. The summed E-state index contributed by atoms with van der Waals surface area (Å²) in [5.74, 6) is 0. The molecule has 84 valence electrons. The van der Waals surface area contributed by atoms with Crippen LogP contribution in [-0.2, 0) is 6.54 Å². The molecule has 1 heterocycles. The monoisotopic (exact) mass is 235 g/mol. The van der Waals surface area contributed by atoms with Crippen LogP contribution in [0.5, 0.6) is 0 Å². The summed E-state index contributed by atoms with van der Waals surface area (Å²) in [5.41, 5.74) is 3.21. The first kappa shape index (κ1) is 11.2. The predicted molar refractivity (Wildman–Crippen MR) is 66.1 cm³/mol. The van der Waals surface area contributed by atoms with Crippen LogP contribution in [0.25, 0.3) is 5.69 Å². The molecule has 0 fully saturated rings. The Morgan fingerprint density at radius 3 is 2.94 bits per heavy atom. The van der Waals surface area contributed by atoms with Crippen LogP contribution in [-0.4, -0.2) is 16.8 Å². The highest BCUT2D eigenvalue weighted by atomic mass is 35.5. The Bertz CT molecular complexity index is 491. The van der Waals surface area contributed by atoms with E-state index in [4.69, 9.17) is 11.6 Å². The molecule has 0 aliphatic heterocycles. The maximum atomic E-state index is 6.08. The molecule has 0 radical (unpaired) electrons. The standard InChI is InChI=1S/C12H14ClN3/c1-9-3-4-11(5-12(9)13)16-8-10(6-14-2)7-15-16/h3-5,7-8,14H,6H2,1-2H3. The van der Waals surface area contributed by atoms with Crippen LogP contribution in [0.3, 0.4) is 0 Å². The molecule has 0 atom stereocenters. The molecule has 0 amide bonds. The number of aromatic nitrogens is 2. The second-order valence-electron chi connectivity index (χ2n) is 3.76. The molecule has 0 aliphatic rings. The second-order valence-corrected chi connectivity index (χ2v) is 4.16. The summed E-state index contributed by atoms with van der Waals surface area (Å²) < 4.78 is 1.83. The van der Waals surface area contributed by atoms with Crippen LogP contribution in [0, 0.1) is 6.92 Å². The average Bonchev–Trinajstić information content (AvgIpc) is 2.71. The Balaban J connectivity index is 2.31. The van der Waals surface area contributed by atoms with Crippen LogP contribution in [0.4, 0.5) is 0 Å². The molecule has 1 aromatic carbocycles. The fourth-order valence-electron chi connectivity index (χ4n) is 1.52. The zero-order chi connectivity index (χ0) is 11.5. The number of nitrogens with zero attached hydrogens (tertiary/aromatic N) is 2. The lowest BCUT2D eigenvalue weighted by Crippen LogP contribution is -2.03. The minimum Gasteiger partial charge on any atom is -0.316 e. The maximum absolute atomic E-state index is 6.08. The molecular formula is C12H14ClN3. The van der Waals surface area contributed by atoms with E-state index in [-0.39, 0.29) is 0 Å². The largest absolute Gasteiger partial charge is 0.316 e. The first-order valence-electron chi connectivity index (χ1n) is 5.15. The van der Waals surface area contributed by atoms with Crippen molar-refractivity contribution in [3.8, 4) is 5.69 Å². The lowest BCUT2D eigenvalue weighted by molar-refractivity contribution is 0.816. The highest BCUT2D eigenvalue weighted by molar-refractivity contribution is 6.31. The van der Waals surface area contributed by atoms with Gasteiger partial charge in [0.2, 0.25) is 0 Å². The van der Waals surface area contributed by atoms with Gasteiger partial charge in [0.1, 0.15) is 0 Å². The molecule has 2 aromatic rings. The first-order valence-corrected chi connectivity index (χ1v) is 5.53. The van der Waals surface area contributed by atoms with Gasteiger partial charge in [0.05, 0.1) is 11.9 Å². The zero-order valence-electron chi connectivity index (χ0n) is 9.37. The minimum atomic E-state index is 0.767.